The van der Waals surface area contributed by atoms with Crippen LogP contribution < -0.4 is 0 Å². The van der Waals surface area contributed by atoms with Crippen molar-refractivity contribution in [3.8, 4) is 0 Å². The zero-order valence-electron chi connectivity index (χ0n) is 8.78. The molecule has 0 fully saturated rings. The van der Waals surface area contributed by atoms with E-state index < -0.39 is 17.4 Å². The van der Waals surface area contributed by atoms with Crippen molar-refractivity contribution in [1.82, 2.24) is 0 Å². The molecule has 0 amide bonds. The van der Waals surface area contributed by atoms with Gasteiger partial charge in [-0.1, -0.05) is 24.6 Å². The summed E-state index contributed by atoms with van der Waals surface area (Å²) in [6.45, 7) is 3.44. The maximum Gasteiger partial charge on any atom is 0.331 e. The minimum absolute atomic E-state index is 0.0529. The van der Waals surface area contributed by atoms with Crippen LogP contribution in [0.15, 0.2) is 23.3 Å². The summed E-state index contributed by atoms with van der Waals surface area (Å²) < 4.78 is 0. The van der Waals surface area contributed by atoms with Gasteiger partial charge in [0.25, 0.3) is 0 Å². The quantitative estimate of drug-likeness (QED) is 0.745. The molecule has 0 saturated carbocycles. The first kappa shape index (κ1) is 11.5. The third-order valence-corrected chi connectivity index (χ3v) is 2.87. The Morgan fingerprint density at radius 2 is 2.00 bits per heavy atom. The van der Waals surface area contributed by atoms with E-state index in [2.05, 4.69) is 0 Å². The smallest absolute Gasteiger partial charge is 0.331 e. The van der Waals surface area contributed by atoms with E-state index in [0.717, 1.165) is 5.57 Å². The Balaban J connectivity index is 3.14. The van der Waals surface area contributed by atoms with Crippen LogP contribution in [0, 0.1) is 5.41 Å². The lowest BCUT2D eigenvalue weighted by atomic mass is 9.73. The van der Waals surface area contributed by atoms with Crippen molar-refractivity contribution in [3.05, 3.63) is 23.3 Å². The Kier molecular flexibility index (Phi) is 2.98. The minimum Gasteiger partial charge on any atom is -0.481 e. The summed E-state index contributed by atoms with van der Waals surface area (Å²) in [5.74, 6) is -2.02. The maximum absolute atomic E-state index is 11.2. The fourth-order valence-electron chi connectivity index (χ4n) is 1.81. The Morgan fingerprint density at radius 3 is 2.40 bits per heavy atom. The van der Waals surface area contributed by atoms with E-state index in [4.69, 9.17) is 10.2 Å². The molecule has 0 aromatic carbocycles. The maximum atomic E-state index is 11.2. The monoisotopic (exact) mass is 210 g/mol. The van der Waals surface area contributed by atoms with E-state index in [1.807, 2.05) is 6.92 Å². The van der Waals surface area contributed by atoms with Gasteiger partial charge in [0.15, 0.2) is 0 Å². The van der Waals surface area contributed by atoms with Gasteiger partial charge in [-0.15, -0.1) is 0 Å². The normalized spacial score (nSPS) is 25.5. The van der Waals surface area contributed by atoms with Gasteiger partial charge in [-0.3, -0.25) is 4.79 Å². The van der Waals surface area contributed by atoms with Crippen molar-refractivity contribution in [2.75, 3.05) is 0 Å². The molecule has 0 saturated heterocycles. The molecular weight excluding hydrogens is 196 g/mol. The molecule has 0 aromatic rings. The highest BCUT2D eigenvalue weighted by molar-refractivity contribution is 5.90. The van der Waals surface area contributed by atoms with Crippen molar-refractivity contribution in [2.24, 2.45) is 5.41 Å². The Bertz CT molecular complexity index is 365. The van der Waals surface area contributed by atoms with Gasteiger partial charge in [0.2, 0.25) is 0 Å². The summed E-state index contributed by atoms with van der Waals surface area (Å²) in [4.78, 5) is 21.9. The summed E-state index contributed by atoms with van der Waals surface area (Å²) in [5, 5.41) is 18.0. The fourth-order valence-corrected chi connectivity index (χ4v) is 1.81. The van der Waals surface area contributed by atoms with Crippen LogP contribution in [0.2, 0.25) is 0 Å². The topological polar surface area (TPSA) is 74.6 Å². The number of carbonyl (C=O) groups is 2. The van der Waals surface area contributed by atoms with E-state index in [-0.39, 0.29) is 12.0 Å². The van der Waals surface area contributed by atoms with Crippen LogP contribution in [0.25, 0.3) is 0 Å². The van der Waals surface area contributed by atoms with E-state index in [0.29, 0.717) is 6.42 Å². The SMILES string of the molecule is CCC1=CC=C(C(=O)O)CC1(C)C(=O)O. The van der Waals surface area contributed by atoms with Gasteiger partial charge in [-0.05, 0) is 19.8 Å². The van der Waals surface area contributed by atoms with Gasteiger partial charge in [0, 0.05) is 5.57 Å². The standard InChI is InChI=1S/C11H14O4/c1-3-8-5-4-7(9(12)13)6-11(8,2)10(14)15/h4-5H,3,6H2,1-2H3,(H,12,13)(H,14,15). The van der Waals surface area contributed by atoms with Crippen LogP contribution in [0.4, 0.5) is 0 Å². The van der Waals surface area contributed by atoms with Gasteiger partial charge in [0.05, 0.1) is 5.41 Å². The molecule has 2 N–H and O–H groups in total. The predicted octanol–water partition coefficient (Wildman–Crippen LogP) is 1.83. The zero-order valence-corrected chi connectivity index (χ0v) is 8.78. The van der Waals surface area contributed by atoms with Gasteiger partial charge >= 0.3 is 11.9 Å². The summed E-state index contributed by atoms with van der Waals surface area (Å²) in [6, 6.07) is 0. The fraction of sp³-hybridized carbons (Fsp3) is 0.455. The van der Waals surface area contributed by atoms with E-state index >= 15 is 0 Å². The molecule has 0 aromatic heterocycles. The average molecular weight is 210 g/mol. The highest BCUT2D eigenvalue weighted by atomic mass is 16.4. The molecular formula is C11H14O4. The van der Waals surface area contributed by atoms with Crippen molar-refractivity contribution in [1.29, 1.82) is 0 Å². The van der Waals surface area contributed by atoms with Gasteiger partial charge in [0.1, 0.15) is 0 Å². The Hall–Kier alpha value is -1.58. The molecule has 0 spiro atoms. The lowest BCUT2D eigenvalue weighted by Gasteiger charge is -2.30. The molecule has 82 valence electrons. The van der Waals surface area contributed by atoms with Crippen LogP contribution in [0.3, 0.4) is 0 Å². The molecule has 1 aliphatic carbocycles. The predicted molar refractivity (Wildman–Crippen MR) is 54.5 cm³/mol. The molecule has 4 nitrogen and oxygen atoms in total. The molecule has 1 aliphatic rings. The van der Waals surface area contributed by atoms with Crippen LogP contribution in [0.1, 0.15) is 26.7 Å². The summed E-state index contributed by atoms with van der Waals surface area (Å²) in [6.07, 6.45) is 3.77. The first-order valence-corrected chi connectivity index (χ1v) is 4.78. The number of hydrogen-bond donors (Lipinski definition) is 2. The third-order valence-electron chi connectivity index (χ3n) is 2.87. The Labute approximate surface area is 87.9 Å². The molecule has 0 bridgehead atoms. The molecule has 1 rings (SSSR count). The largest absolute Gasteiger partial charge is 0.481 e. The molecule has 0 aliphatic heterocycles. The number of rotatable bonds is 3. The number of hydrogen-bond acceptors (Lipinski definition) is 2. The molecule has 4 heteroatoms. The van der Waals surface area contributed by atoms with Crippen LogP contribution >= 0.6 is 0 Å². The second kappa shape index (κ2) is 3.88. The van der Waals surface area contributed by atoms with Gasteiger partial charge in [-0.25, -0.2) is 4.79 Å². The first-order chi connectivity index (χ1) is 6.91. The molecule has 15 heavy (non-hydrogen) atoms. The molecule has 1 atom stereocenters. The van der Waals surface area contributed by atoms with Gasteiger partial charge in [-0.2, -0.15) is 0 Å². The van der Waals surface area contributed by atoms with E-state index in [9.17, 15) is 9.59 Å². The van der Waals surface area contributed by atoms with Crippen molar-refractivity contribution >= 4 is 11.9 Å². The van der Waals surface area contributed by atoms with Crippen LogP contribution in [-0.4, -0.2) is 22.2 Å². The summed E-state index contributed by atoms with van der Waals surface area (Å²) >= 11 is 0. The molecule has 1 unspecified atom stereocenters. The van der Waals surface area contributed by atoms with Crippen LogP contribution in [-0.2, 0) is 9.59 Å². The van der Waals surface area contributed by atoms with Crippen LogP contribution in [0.5, 0.6) is 0 Å². The summed E-state index contributed by atoms with van der Waals surface area (Å²) in [7, 11) is 0. The first-order valence-electron chi connectivity index (χ1n) is 4.78. The van der Waals surface area contributed by atoms with Crippen molar-refractivity contribution in [2.45, 2.75) is 26.7 Å². The lowest BCUT2D eigenvalue weighted by Crippen LogP contribution is -2.33. The number of allylic oxidation sites excluding steroid dienone is 2. The number of aliphatic carboxylic acids is 2. The van der Waals surface area contributed by atoms with Gasteiger partial charge < -0.3 is 10.2 Å². The Morgan fingerprint density at radius 1 is 1.40 bits per heavy atom. The number of carboxylic acid groups (broad SMARTS) is 2. The van der Waals surface area contributed by atoms with E-state index in [1.54, 1.807) is 13.0 Å². The highest BCUT2D eigenvalue weighted by Gasteiger charge is 2.39. The number of carboxylic acids is 2. The van der Waals surface area contributed by atoms with Crippen molar-refractivity contribution < 1.29 is 19.8 Å². The highest BCUT2D eigenvalue weighted by Crippen LogP contribution is 2.39. The zero-order chi connectivity index (χ0) is 11.6. The lowest BCUT2D eigenvalue weighted by molar-refractivity contribution is -0.146. The van der Waals surface area contributed by atoms with E-state index in [1.165, 1.54) is 6.08 Å². The average Bonchev–Trinajstić information content (AvgIpc) is 2.17. The minimum atomic E-state index is -1.07. The summed E-state index contributed by atoms with van der Waals surface area (Å²) in [5.41, 5.74) is -0.158. The second-order valence-corrected chi connectivity index (χ2v) is 3.86. The second-order valence-electron chi connectivity index (χ2n) is 3.86. The van der Waals surface area contributed by atoms with Crippen molar-refractivity contribution in [3.63, 3.8) is 0 Å². The third kappa shape index (κ3) is 1.93. The molecule has 0 radical (unpaired) electrons. The molecule has 0 heterocycles.